The normalized spacial score (nSPS) is 17.0. The highest BCUT2D eigenvalue weighted by molar-refractivity contribution is 7.47. The molecule has 0 saturated carbocycles. The van der Waals surface area contributed by atoms with E-state index in [0.717, 1.165) is 7.11 Å². The first-order chi connectivity index (χ1) is 5.77. The Bertz CT molecular complexity index is 190. The number of hydrogen-bond donors (Lipinski definition) is 2. The van der Waals surface area contributed by atoms with Gasteiger partial charge >= 0.3 is 7.82 Å². The lowest BCUT2D eigenvalue weighted by Gasteiger charge is -2.14. The molecule has 0 amide bonds. The van der Waals surface area contributed by atoms with Crippen molar-refractivity contribution in [2.24, 2.45) is 0 Å². The summed E-state index contributed by atoms with van der Waals surface area (Å²) in [5.41, 5.74) is 0. The molecule has 1 unspecified atom stereocenters. The van der Waals surface area contributed by atoms with Crippen LogP contribution in [0, 0.1) is 0 Å². The summed E-state index contributed by atoms with van der Waals surface area (Å²) in [5, 5.41) is 0. The van der Waals surface area contributed by atoms with Crippen LogP contribution in [0.5, 0.6) is 0 Å². The predicted octanol–water partition coefficient (Wildman–Crippen LogP) is 1.34. The average molecular weight is 228 g/mol. The van der Waals surface area contributed by atoms with E-state index in [-0.39, 0.29) is 6.61 Å². The van der Waals surface area contributed by atoms with E-state index in [9.17, 15) is 9.36 Å². The molecule has 0 rings (SSSR count). The molecule has 0 aliphatic carbocycles. The highest BCUT2D eigenvalue weighted by atomic mass is 31.2. The Kier molecular flexibility index (Phi) is 5.35. The average Bonchev–Trinajstić information content (AvgIpc) is 1.97. The molecule has 5 nitrogen and oxygen atoms in total. The van der Waals surface area contributed by atoms with Gasteiger partial charge in [0.1, 0.15) is 0 Å². The minimum Gasteiger partial charge on any atom is -0.432 e. The van der Waals surface area contributed by atoms with Crippen LogP contribution < -0.4 is 0 Å². The zero-order chi connectivity index (χ0) is 10.5. The van der Waals surface area contributed by atoms with Gasteiger partial charge in [-0.15, -0.1) is 0 Å². The van der Waals surface area contributed by atoms with Crippen molar-refractivity contribution < 1.29 is 23.3 Å². The van der Waals surface area contributed by atoms with E-state index >= 15 is 0 Å². The molecule has 13 heavy (non-hydrogen) atoms. The number of phosphoric ester groups is 1. The maximum Gasteiger partial charge on any atom is 0.471 e. The molecule has 0 fully saturated rings. The van der Waals surface area contributed by atoms with E-state index in [1.807, 2.05) is 13.1 Å². The molecule has 0 aliphatic heterocycles. The summed E-state index contributed by atoms with van der Waals surface area (Å²) in [5.74, 6) is 0. The molecule has 0 radical (unpaired) electrons. The second-order valence-corrected chi connectivity index (χ2v) is 9.09. The smallest absolute Gasteiger partial charge is 0.432 e. The largest absolute Gasteiger partial charge is 0.471 e. The molecule has 0 heterocycles. The lowest BCUT2D eigenvalue weighted by Crippen LogP contribution is -2.24. The van der Waals surface area contributed by atoms with Crippen molar-refractivity contribution in [3.63, 3.8) is 0 Å². The highest BCUT2D eigenvalue weighted by Gasteiger charge is 2.20. The second-order valence-electron chi connectivity index (χ2n) is 3.40. The van der Waals surface area contributed by atoms with Crippen molar-refractivity contribution in [2.45, 2.75) is 25.6 Å². The van der Waals surface area contributed by atoms with Crippen LogP contribution in [0.1, 0.15) is 6.42 Å². The zero-order valence-electron chi connectivity index (χ0n) is 8.19. The zero-order valence-corrected chi connectivity index (χ0v) is 10.1. The molecule has 80 valence electrons. The van der Waals surface area contributed by atoms with Gasteiger partial charge in [0.25, 0.3) is 0 Å². The van der Waals surface area contributed by atoms with Crippen LogP contribution in [-0.4, -0.2) is 31.7 Å². The lowest BCUT2D eigenvalue weighted by molar-refractivity contribution is 0.173. The monoisotopic (exact) mass is 228 g/mol. The molecule has 0 saturated heterocycles. The quantitative estimate of drug-likeness (QED) is 0.407. The van der Waals surface area contributed by atoms with Crippen LogP contribution in [0.4, 0.5) is 0 Å². The molecule has 0 aromatic rings. The molecule has 0 aromatic heterocycles. The summed E-state index contributed by atoms with van der Waals surface area (Å²) < 4.78 is 19.5. The van der Waals surface area contributed by atoms with Gasteiger partial charge in [-0.3, -0.25) is 9.05 Å². The predicted molar refractivity (Wildman–Crippen MR) is 51.9 cm³/mol. The number of phosphoric acid groups is 1. The summed E-state index contributed by atoms with van der Waals surface area (Å²) in [6.07, 6.45) is 0.573. The molecular formula is C6H17O5PSi. The van der Waals surface area contributed by atoms with Crippen LogP contribution >= 0.6 is 7.82 Å². The Balaban J connectivity index is 3.53. The summed E-state index contributed by atoms with van der Waals surface area (Å²) in [7, 11) is -4.76. The highest BCUT2D eigenvalue weighted by Crippen LogP contribution is 2.41. The fourth-order valence-electron chi connectivity index (χ4n) is 0.737. The van der Waals surface area contributed by atoms with Gasteiger partial charge in [0.2, 0.25) is 0 Å². The van der Waals surface area contributed by atoms with E-state index < -0.39 is 16.1 Å². The van der Waals surface area contributed by atoms with Crippen LogP contribution in [0.3, 0.4) is 0 Å². The first-order valence-corrected chi connectivity index (χ1v) is 8.67. The maximum atomic E-state index is 10.8. The molecule has 2 N–H and O–H groups in total. The molecular weight excluding hydrogens is 211 g/mol. The summed E-state index contributed by atoms with van der Waals surface area (Å²) in [4.78, 5) is 18.2. The minimum atomic E-state index is -3.82. The molecule has 7 heteroatoms. The minimum absolute atomic E-state index is 0.138. The van der Waals surface area contributed by atoms with Gasteiger partial charge in [-0.05, 0) is 25.6 Å². The Morgan fingerprint density at radius 3 is 2.38 bits per heavy atom. The van der Waals surface area contributed by atoms with Gasteiger partial charge in [-0.2, -0.15) is 0 Å². The van der Waals surface area contributed by atoms with Gasteiger partial charge in [-0.1, -0.05) is 0 Å². The SMILES string of the molecule is COP(=O)(O)OCCC[Si](C)(C)O. The Morgan fingerprint density at radius 2 is 2.00 bits per heavy atom. The maximum absolute atomic E-state index is 10.8. The van der Waals surface area contributed by atoms with Crippen molar-refractivity contribution in [1.29, 1.82) is 0 Å². The standard InChI is InChI=1S/C6H17O5PSi/c1-10-12(7,8)11-5-4-6-13(2,3)9/h9H,4-6H2,1-3H3,(H,7,8). The van der Waals surface area contributed by atoms with E-state index in [4.69, 9.17) is 4.89 Å². The van der Waals surface area contributed by atoms with Gasteiger partial charge in [-0.25, -0.2) is 4.57 Å². The third kappa shape index (κ3) is 8.61. The van der Waals surface area contributed by atoms with Crippen LogP contribution in [-0.2, 0) is 13.6 Å². The molecule has 1 atom stereocenters. The third-order valence-corrected chi connectivity index (χ3v) is 3.97. The molecule has 0 bridgehead atoms. The van der Waals surface area contributed by atoms with Crippen LogP contribution in [0.2, 0.25) is 19.1 Å². The van der Waals surface area contributed by atoms with E-state index in [1.54, 1.807) is 0 Å². The van der Waals surface area contributed by atoms with Gasteiger partial charge in [0.05, 0.1) is 6.61 Å². The number of rotatable bonds is 6. The topological polar surface area (TPSA) is 76.0 Å². The fraction of sp³-hybridized carbons (Fsp3) is 1.00. The van der Waals surface area contributed by atoms with Crippen LogP contribution in [0.15, 0.2) is 0 Å². The van der Waals surface area contributed by atoms with Gasteiger partial charge in [0, 0.05) is 7.11 Å². The summed E-state index contributed by atoms with van der Waals surface area (Å²) in [6.45, 7) is 3.75. The van der Waals surface area contributed by atoms with Gasteiger partial charge < -0.3 is 9.69 Å². The van der Waals surface area contributed by atoms with Crippen molar-refractivity contribution in [2.75, 3.05) is 13.7 Å². The van der Waals surface area contributed by atoms with Crippen molar-refractivity contribution in [3.05, 3.63) is 0 Å². The molecule has 0 aliphatic rings. The summed E-state index contributed by atoms with van der Waals surface area (Å²) >= 11 is 0. The molecule has 0 aromatic carbocycles. The van der Waals surface area contributed by atoms with Crippen molar-refractivity contribution >= 4 is 16.1 Å². The third-order valence-electron chi connectivity index (χ3n) is 1.42. The first kappa shape index (κ1) is 13.3. The van der Waals surface area contributed by atoms with E-state index in [1.165, 1.54) is 0 Å². The Hall–Kier alpha value is 0.287. The van der Waals surface area contributed by atoms with E-state index in [2.05, 4.69) is 9.05 Å². The molecule has 0 spiro atoms. The lowest BCUT2D eigenvalue weighted by atomic mass is 10.5. The van der Waals surface area contributed by atoms with E-state index in [0.29, 0.717) is 12.5 Å². The second kappa shape index (κ2) is 5.24. The Labute approximate surface area is 79.4 Å². The fourth-order valence-corrected chi connectivity index (χ4v) is 2.21. The summed E-state index contributed by atoms with van der Waals surface area (Å²) in [6, 6.07) is 0.650. The Morgan fingerprint density at radius 1 is 1.46 bits per heavy atom. The first-order valence-electron chi connectivity index (χ1n) is 4.02. The van der Waals surface area contributed by atoms with Crippen LogP contribution in [0.25, 0.3) is 0 Å². The van der Waals surface area contributed by atoms with Gasteiger partial charge in [0.15, 0.2) is 8.32 Å². The number of hydrogen-bond acceptors (Lipinski definition) is 4. The van der Waals surface area contributed by atoms with Crippen molar-refractivity contribution in [3.8, 4) is 0 Å². The van der Waals surface area contributed by atoms with Crippen molar-refractivity contribution in [1.82, 2.24) is 0 Å².